The number of carbonyl (C=O) groups excluding carboxylic acids is 1. The standard InChI is InChI=1S/C18H23N3O3/c1-11(2)21-16-9-15(8-7-14(16)10-19-21)20-17(22)12-3-5-13(6-4-12)18(23)24/h7-13H,3-6H2,1-2H3,(H,20,22)(H,23,24). The highest BCUT2D eigenvalue weighted by Gasteiger charge is 2.29. The molecule has 0 atom stereocenters. The molecule has 1 fully saturated rings. The van der Waals surface area contributed by atoms with Gasteiger partial charge < -0.3 is 10.4 Å². The summed E-state index contributed by atoms with van der Waals surface area (Å²) in [5.41, 5.74) is 1.76. The number of aromatic nitrogens is 2. The monoisotopic (exact) mass is 329 g/mol. The number of benzene rings is 1. The maximum absolute atomic E-state index is 12.5. The van der Waals surface area contributed by atoms with Gasteiger partial charge >= 0.3 is 5.97 Å². The summed E-state index contributed by atoms with van der Waals surface area (Å²) in [5, 5.41) is 17.4. The Balaban J connectivity index is 1.69. The lowest BCUT2D eigenvalue weighted by Crippen LogP contribution is -2.29. The number of fused-ring (bicyclic) bond motifs is 1. The Morgan fingerprint density at radius 3 is 2.50 bits per heavy atom. The van der Waals surface area contributed by atoms with E-state index in [0.717, 1.165) is 16.6 Å². The second-order valence-electron chi connectivity index (χ2n) is 6.83. The fourth-order valence-corrected chi connectivity index (χ4v) is 3.37. The molecule has 0 radical (unpaired) electrons. The summed E-state index contributed by atoms with van der Waals surface area (Å²) >= 11 is 0. The first-order chi connectivity index (χ1) is 11.5. The molecular formula is C18H23N3O3. The van der Waals surface area contributed by atoms with Crippen LogP contribution in [-0.2, 0) is 9.59 Å². The van der Waals surface area contributed by atoms with Crippen molar-refractivity contribution < 1.29 is 14.7 Å². The average Bonchev–Trinajstić information content (AvgIpc) is 2.98. The number of rotatable bonds is 4. The molecule has 6 nitrogen and oxygen atoms in total. The number of amides is 1. The van der Waals surface area contributed by atoms with Gasteiger partial charge in [-0.15, -0.1) is 0 Å². The zero-order valence-electron chi connectivity index (χ0n) is 14.0. The Hall–Kier alpha value is -2.37. The van der Waals surface area contributed by atoms with Crippen LogP contribution >= 0.6 is 0 Å². The third kappa shape index (κ3) is 3.27. The first-order valence-corrected chi connectivity index (χ1v) is 8.46. The van der Waals surface area contributed by atoms with Crippen LogP contribution in [0.3, 0.4) is 0 Å². The molecule has 0 bridgehead atoms. The highest BCUT2D eigenvalue weighted by molar-refractivity contribution is 5.95. The van der Waals surface area contributed by atoms with Crippen molar-refractivity contribution in [2.45, 2.75) is 45.6 Å². The van der Waals surface area contributed by atoms with Crippen LogP contribution in [-0.4, -0.2) is 26.8 Å². The summed E-state index contributed by atoms with van der Waals surface area (Å²) in [6, 6.07) is 6.04. The maximum atomic E-state index is 12.5. The summed E-state index contributed by atoms with van der Waals surface area (Å²) in [6.07, 6.45) is 4.25. The topological polar surface area (TPSA) is 84.2 Å². The molecule has 0 spiro atoms. The van der Waals surface area contributed by atoms with Gasteiger partial charge in [-0.25, -0.2) is 0 Å². The molecule has 1 aromatic heterocycles. The second kappa shape index (κ2) is 6.63. The normalized spacial score (nSPS) is 21.1. The third-order valence-electron chi connectivity index (χ3n) is 4.80. The van der Waals surface area contributed by atoms with Gasteiger partial charge in [-0.3, -0.25) is 14.3 Å². The van der Waals surface area contributed by atoms with Crippen LogP contribution < -0.4 is 5.32 Å². The number of hydrogen-bond acceptors (Lipinski definition) is 3. The van der Waals surface area contributed by atoms with Crippen LogP contribution in [0, 0.1) is 11.8 Å². The van der Waals surface area contributed by atoms with Crippen LogP contribution in [0.25, 0.3) is 10.9 Å². The summed E-state index contributed by atoms with van der Waals surface area (Å²) < 4.78 is 1.93. The first-order valence-electron chi connectivity index (χ1n) is 8.46. The van der Waals surface area contributed by atoms with Crippen molar-refractivity contribution in [2.75, 3.05) is 5.32 Å². The van der Waals surface area contributed by atoms with E-state index >= 15 is 0 Å². The third-order valence-corrected chi connectivity index (χ3v) is 4.80. The minimum absolute atomic E-state index is 0.0196. The van der Waals surface area contributed by atoms with Gasteiger partial charge in [-0.2, -0.15) is 5.10 Å². The molecular weight excluding hydrogens is 306 g/mol. The molecule has 0 saturated heterocycles. The summed E-state index contributed by atoms with van der Waals surface area (Å²) in [4.78, 5) is 23.5. The van der Waals surface area contributed by atoms with Gasteiger partial charge in [-0.05, 0) is 57.7 Å². The molecule has 1 aliphatic rings. The first kappa shape index (κ1) is 16.5. The summed E-state index contributed by atoms with van der Waals surface area (Å²) in [5.74, 6) is -1.17. The van der Waals surface area contributed by atoms with Gasteiger partial charge in [0.05, 0.1) is 17.6 Å². The van der Waals surface area contributed by atoms with E-state index in [0.29, 0.717) is 25.7 Å². The number of nitrogens with one attached hydrogen (secondary N) is 1. The van der Waals surface area contributed by atoms with Gasteiger partial charge in [0.1, 0.15) is 0 Å². The quantitative estimate of drug-likeness (QED) is 0.900. The highest BCUT2D eigenvalue weighted by Crippen LogP contribution is 2.30. The molecule has 1 heterocycles. The van der Waals surface area contributed by atoms with Gasteiger partial charge in [0.2, 0.25) is 5.91 Å². The van der Waals surface area contributed by atoms with E-state index in [2.05, 4.69) is 24.3 Å². The zero-order chi connectivity index (χ0) is 17.3. The number of carboxylic acid groups (broad SMARTS) is 1. The summed E-state index contributed by atoms with van der Waals surface area (Å²) in [7, 11) is 0. The van der Waals surface area contributed by atoms with E-state index in [-0.39, 0.29) is 23.8 Å². The van der Waals surface area contributed by atoms with E-state index in [1.165, 1.54) is 0 Å². The zero-order valence-corrected chi connectivity index (χ0v) is 14.0. The van der Waals surface area contributed by atoms with Crippen molar-refractivity contribution in [3.05, 3.63) is 24.4 Å². The molecule has 2 N–H and O–H groups in total. The predicted molar refractivity (Wildman–Crippen MR) is 91.8 cm³/mol. The SMILES string of the molecule is CC(C)n1ncc2ccc(NC(=O)C3CCC(C(=O)O)CC3)cc21. The molecule has 1 amide bonds. The number of anilines is 1. The number of aliphatic carboxylic acids is 1. The van der Waals surface area contributed by atoms with Crippen LogP contribution in [0.1, 0.15) is 45.6 Å². The van der Waals surface area contributed by atoms with Gasteiger partial charge in [-0.1, -0.05) is 0 Å². The van der Waals surface area contributed by atoms with Crippen molar-refractivity contribution in [2.24, 2.45) is 11.8 Å². The van der Waals surface area contributed by atoms with Crippen molar-refractivity contribution in [1.82, 2.24) is 9.78 Å². The van der Waals surface area contributed by atoms with Crippen molar-refractivity contribution in [1.29, 1.82) is 0 Å². The van der Waals surface area contributed by atoms with E-state index in [9.17, 15) is 9.59 Å². The molecule has 1 aromatic carbocycles. The Labute approximate surface area is 140 Å². The smallest absolute Gasteiger partial charge is 0.306 e. The van der Waals surface area contributed by atoms with Crippen molar-refractivity contribution >= 4 is 28.5 Å². The van der Waals surface area contributed by atoms with Crippen LogP contribution in [0.15, 0.2) is 24.4 Å². The van der Waals surface area contributed by atoms with Gasteiger partial charge in [0.25, 0.3) is 0 Å². The van der Waals surface area contributed by atoms with E-state index in [1.807, 2.05) is 29.1 Å². The minimum Gasteiger partial charge on any atom is -0.481 e. The lowest BCUT2D eigenvalue weighted by molar-refractivity contribution is -0.143. The fourth-order valence-electron chi connectivity index (χ4n) is 3.37. The molecule has 0 aliphatic heterocycles. The Kier molecular flexibility index (Phi) is 4.55. The lowest BCUT2D eigenvalue weighted by atomic mass is 9.81. The molecule has 128 valence electrons. The van der Waals surface area contributed by atoms with Gasteiger partial charge in [0.15, 0.2) is 0 Å². The van der Waals surface area contributed by atoms with Crippen LogP contribution in [0.4, 0.5) is 5.69 Å². The van der Waals surface area contributed by atoms with Crippen molar-refractivity contribution in [3.8, 4) is 0 Å². The lowest BCUT2D eigenvalue weighted by Gasteiger charge is -2.25. The van der Waals surface area contributed by atoms with Crippen molar-refractivity contribution in [3.63, 3.8) is 0 Å². The van der Waals surface area contributed by atoms with Crippen LogP contribution in [0.2, 0.25) is 0 Å². The van der Waals surface area contributed by atoms with Crippen LogP contribution in [0.5, 0.6) is 0 Å². The minimum atomic E-state index is -0.749. The number of carbonyl (C=O) groups is 2. The Morgan fingerprint density at radius 1 is 1.21 bits per heavy atom. The number of nitrogens with zero attached hydrogens (tertiary/aromatic N) is 2. The fraction of sp³-hybridized carbons (Fsp3) is 0.500. The second-order valence-corrected chi connectivity index (χ2v) is 6.83. The Morgan fingerprint density at radius 2 is 1.88 bits per heavy atom. The number of carboxylic acids is 1. The molecule has 6 heteroatoms. The predicted octanol–water partition coefficient (Wildman–Crippen LogP) is 3.45. The number of hydrogen-bond donors (Lipinski definition) is 2. The Bertz CT molecular complexity index is 758. The molecule has 3 rings (SSSR count). The molecule has 1 saturated carbocycles. The highest BCUT2D eigenvalue weighted by atomic mass is 16.4. The largest absolute Gasteiger partial charge is 0.481 e. The molecule has 0 unspecified atom stereocenters. The average molecular weight is 329 g/mol. The molecule has 1 aliphatic carbocycles. The maximum Gasteiger partial charge on any atom is 0.306 e. The van der Waals surface area contributed by atoms with E-state index in [1.54, 1.807) is 0 Å². The molecule has 24 heavy (non-hydrogen) atoms. The summed E-state index contributed by atoms with van der Waals surface area (Å²) in [6.45, 7) is 4.14. The van der Waals surface area contributed by atoms with E-state index in [4.69, 9.17) is 5.11 Å². The van der Waals surface area contributed by atoms with Gasteiger partial charge in [0, 0.05) is 23.0 Å². The van der Waals surface area contributed by atoms with E-state index < -0.39 is 5.97 Å². The molecule has 2 aromatic rings.